The molecule has 2 aromatic rings. The highest BCUT2D eigenvalue weighted by Gasteiger charge is 2.47. The van der Waals surface area contributed by atoms with E-state index in [1.165, 1.54) is 24.1 Å². The lowest BCUT2D eigenvalue weighted by molar-refractivity contribution is -0.140. The number of methoxy groups -OCH3 is 1. The van der Waals surface area contributed by atoms with Gasteiger partial charge >= 0.3 is 0 Å². The van der Waals surface area contributed by atoms with Gasteiger partial charge < -0.3 is 19.6 Å². The zero-order chi connectivity index (χ0) is 22.5. The van der Waals surface area contributed by atoms with Crippen molar-refractivity contribution in [3.63, 3.8) is 0 Å². The van der Waals surface area contributed by atoms with Crippen LogP contribution >= 0.6 is 0 Å². The molecule has 6 nitrogen and oxygen atoms in total. The maximum atomic E-state index is 14.8. The molecule has 0 spiro atoms. The lowest BCUT2D eigenvalue weighted by Crippen LogP contribution is -2.38. The van der Waals surface area contributed by atoms with Gasteiger partial charge in [0.15, 0.2) is 0 Å². The number of carbonyl (C=O) groups is 2. The quantitative estimate of drug-likeness (QED) is 0.397. The van der Waals surface area contributed by atoms with E-state index in [9.17, 15) is 19.1 Å². The third-order valence-electron chi connectivity index (χ3n) is 5.65. The van der Waals surface area contributed by atoms with Crippen molar-refractivity contribution in [3.8, 4) is 5.75 Å². The summed E-state index contributed by atoms with van der Waals surface area (Å²) in [4.78, 5) is 29.4. The SMILES string of the molecule is CCN(CC)CCN1C(=O)C(=O)/C(=C(\O)c2ccccc2OC)C1c1ccccc1F. The lowest BCUT2D eigenvalue weighted by atomic mass is 9.94. The summed E-state index contributed by atoms with van der Waals surface area (Å²) in [5.74, 6) is -2.17. The zero-order valence-electron chi connectivity index (χ0n) is 18.0. The molecule has 0 saturated carbocycles. The molecule has 1 N–H and O–H groups in total. The van der Waals surface area contributed by atoms with Crippen LogP contribution in [0.2, 0.25) is 0 Å². The van der Waals surface area contributed by atoms with Crippen LogP contribution in [0, 0.1) is 5.82 Å². The molecule has 0 aliphatic carbocycles. The minimum absolute atomic E-state index is 0.140. The highest BCUT2D eigenvalue weighted by atomic mass is 19.1. The Hall–Kier alpha value is -3.19. The van der Waals surface area contributed by atoms with Crippen molar-refractivity contribution in [2.45, 2.75) is 19.9 Å². The Morgan fingerprint density at radius 2 is 1.74 bits per heavy atom. The third-order valence-corrected chi connectivity index (χ3v) is 5.65. The molecule has 1 unspecified atom stereocenters. The van der Waals surface area contributed by atoms with Crippen LogP contribution in [-0.2, 0) is 9.59 Å². The van der Waals surface area contributed by atoms with Crippen LogP contribution in [-0.4, -0.2) is 59.9 Å². The summed E-state index contributed by atoms with van der Waals surface area (Å²) in [6.45, 7) is 6.34. The normalized spacial score (nSPS) is 18.1. The van der Waals surface area contributed by atoms with Crippen molar-refractivity contribution < 1.29 is 23.8 Å². The van der Waals surface area contributed by atoms with Gasteiger partial charge in [0.1, 0.15) is 17.3 Å². The minimum atomic E-state index is -1.03. The second-order valence-electron chi connectivity index (χ2n) is 7.24. The van der Waals surface area contributed by atoms with E-state index in [0.29, 0.717) is 12.3 Å². The van der Waals surface area contributed by atoms with Gasteiger partial charge in [0.2, 0.25) is 0 Å². The number of halogens is 1. The first-order valence-electron chi connectivity index (χ1n) is 10.3. The van der Waals surface area contributed by atoms with Gasteiger partial charge in [-0.15, -0.1) is 0 Å². The first-order chi connectivity index (χ1) is 14.9. The fourth-order valence-electron chi connectivity index (χ4n) is 3.91. The van der Waals surface area contributed by atoms with Crippen LogP contribution in [0.3, 0.4) is 0 Å². The molecule has 0 bridgehead atoms. The summed E-state index contributed by atoms with van der Waals surface area (Å²) >= 11 is 0. The van der Waals surface area contributed by atoms with Crippen molar-refractivity contribution >= 4 is 17.4 Å². The Morgan fingerprint density at radius 3 is 2.39 bits per heavy atom. The van der Waals surface area contributed by atoms with Gasteiger partial charge in [0.05, 0.1) is 24.3 Å². The maximum Gasteiger partial charge on any atom is 0.295 e. The van der Waals surface area contributed by atoms with E-state index in [1.54, 1.807) is 36.4 Å². The first-order valence-corrected chi connectivity index (χ1v) is 10.3. The number of amides is 1. The third kappa shape index (κ3) is 4.32. The van der Waals surface area contributed by atoms with Crippen LogP contribution in [0.5, 0.6) is 5.75 Å². The number of carbonyl (C=O) groups excluding carboxylic acids is 2. The van der Waals surface area contributed by atoms with Gasteiger partial charge in [0, 0.05) is 18.7 Å². The lowest BCUT2D eigenvalue weighted by Gasteiger charge is -2.28. The smallest absolute Gasteiger partial charge is 0.295 e. The van der Waals surface area contributed by atoms with Crippen LogP contribution in [0.25, 0.3) is 5.76 Å². The monoisotopic (exact) mass is 426 g/mol. The van der Waals surface area contributed by atoms with Crippen molar-refractivity contribution in [1.82, 2.24) is 9.80 Å². The average molecular weight is 426 g/mol. The number of likely N-dealkylation sites (tertiary alicyclic amines) is 1. The minimum Gasteiger partial charge on any atom is -0.507 e. The maximum absolute atomic E-state index is 14.8. The highest BCUT2D eigenvalue weighted by Crippen LogP contribution is 2.41. The first kappa shape index (κ1) is 22.5. The second kappa shape index (κ2) is 9.75. The number of ether oxygens (including phenoxy) is 1. The molecule has 7 heteroatoms. The Bertz CT molecular complexity index is 1000. The average Bonchev–Trinajstić information content (AvgIpc) is 3.04. The van der Waals surface area contributed by atoms with Gasteiger partial charge in [-0.3, -0.25) is 9.59 Å². The molecule has 1 atom stereocenters. The Labute approximate surface area is 181 Å². The van der Waals surface area contributed by atoms with Crippen molar-refractivity contribution in [1.29, 1.82) is 0 Å². The molecule has 164 valence electrons. The summed E-state index contributed by atoms with van der Waals surface area (Å²) in [6.07, 6.45) is 0. The largest absolute Gasteiger partial charge is 0.507 e. The molecule has 2 aromatic carbocycles. The number of Topliss-reactive ketones (excluding diaryl/α,β-unsaturated/α-hetero) is 1. The van der Waals surface area contributed by atoms with Gasteiger partial charge in [-0.05, 0) is 31.3 Å². The van der Waals surface area contributed by atoms with Crippen LogP contribution in [0.1, 0.15) is 31.0 Å². The number of hydrogen-bond acceptors (Lipinski definition) is 5. The summed E-state index contributed by atoms with van der Waals surface area (Å²) in [7, 11) is 1.45. The molecule has 1 amide bonds. The second-order valence-corrected chi connectivity index (χ2v) is 7.24. The molecular formula is C24H27FN2O4. The fraction of sp³-hybridized carbons (Fsp3) is 0.333. The number of nitrogens with zero attached hydrogens (tertiary/aromatic N) is 2. The van der Waals surface area contributed by atoms with Crippen molar-refractivity contribution in [2.24, 2.45) is 0 Å². The number of ketones is 1. The van der Waals surface area contributed by atoms with E-state index in [4.69, 9.17) is 4.74 Å². The molecular weight excluding hydrogens is 399 g/mol. The summed E-state index contributed by atoms with van der Waals surface area (Å²) in [5, 5.41) is 11.1. The summed E-state index contributed by atoms with van der Waals surface area (Å²) in [5.41, 5.74) is 0.296. The molecule has 1 fully saturated rings. The van der Waals surface area contributed by atoms with E-state index in [-0.39, 0.29) is 29.0 Å². The van der Waals surface area contributed by atoms with Crippen molar-refractivity contribution in [2.75, 3.05) is 33.3 Å². The van der Waals surface area contributed by atoms with E-state index in [1.807, 2.05) is 13.8 Å². The van der Waals surface area contributed by atoms with E-state index >= 15 is 0 Å². The van der Waals surface area contributed by atoms with Gasteiger partial charge in [-0.1, -0.05) is 44.2 Å². The molecule has 1 heterocycles. The van der Waals surface area contributed by atoms with Crippen LogP contribution in [0.4, 0.5) is 4.39 Å². The summed E-state index contributed by atoms with van der Waals surface area (Å²) in [6, 6.07) is 11.6. The van der Waals surface area contributed by atoms with Gasteiger partial charge in [-0.2, -0.15) is 0 Å². The molecule has 31 heavy (non-hydrogen) atoms. The molecule has 0 radical (unpaired) electrons. The number of aliphatic hydroxyl groups is 1. The molecule has 1 aliphatic heterocycles. The number of likely N-dealkylation sites (N-methyl/N-ethyl adjacent to an activating group) is 1. The number of rotatable bonds is 8. The van der Waals surface area contributed by atoms with E-state index in [0.717, 1.165) is 13.1 Å². The molecule has 0 aromatic heterocycles. The number of benzene rings is 2. The predicted octanol–water partition coefficient (Wildman–Crippen LogP) is 3.60. The highest BCUT2D eigenvalue weighted by molar-refractivity contribution is 6.46. The van der Waals surface area contributed by atoms with E-state index in [2.05, 4.69) is 4.90 Å². The predicted molar refractivity (Wildman–Crippen MR) is 116 cm³/mol. The van der Waals surface area contributed by atoms with Crippen LogP contribution < -0.4 is 4.74 Å². The number of hydrogen-bond donors (Lipinski definition) is 1. The van der Waals surface area contributed by atoms with E-state index < -0.39 is 23.5 Å². The van der Waals surface area contributed by atoms with Gasteiger partial charge in [0.25, 0.3) is 11.7 Å². The Kier molecular flexibility index (Phi) is 7.07. The fourth-order valence-corrected chi connectivity index (χ4v) is 3.91. The molecule has 3 rings (SSSR count). The standard InChI is InChI=1S/C24H27FN2O4/c1-4-26(5-2)14-15-27-21(16-10-6-8-12-18(16)25)20(23(29)24(27)30)22(28)17-11-7-9-13-19(17)31-3/h6-13,21,28H,4-5,14-15H2,1-3H3/b22-20-. The molecule has 1 saturated heterocycles. The molecule has 1 aliphatic rings. The van der Waals surface area contributed by atoms with Crippen LogP contribution in [0.15, 0.2) is 54.1 Å². The van der Waals surface area contributed by atoms with Crippen molar-refractivity contribution in [3.05, 3.63) is 71.0 Å². The topological polar surface area (TPSA) is 70.1 Å². The number of para-hydroxylation sites is 1. The number of aliphatic hydroxyl groups excluding tert-OH is 1. The Balaban J connectivity index is 2.16. The zero-order valence-corrected chi connectivity index (χ0v) is 18.0. The summed E-state index contributed by atoms with van der Waals surface area (Å²) < 4.78 is 20.1. The Morgan fingerprint density at radius 1 is 1.10 bits per heavy atom. The van der Waals surface area contributed by atoms with Gasteiger partial charge in [-0.25, -0.2) is 4.39 Å².